The van der Waals surface area contributed by atoms with Crippen LogP contribution in [0.15, 0.2) is 29.8 Å². The Labute approximate surface area is 125 Å². The second-order valence-corrected chi connectivity index (χ2v) is 6.21. The van der Waals surface area contributed by atoms with Gasteiger partial charge in [-0.15, -0.1) is 11.3 Å². The lowest BCUT2D eigenvalue weighted by Gasteiger charge is -2.06. The molecule has 114 valence electrons. The number of thiophene rings is 1. The molecule has 2 heterocycles. The van der Waals surface area contributed by atoms with Crippen LogP contribution in [-0.2, 0) is 20.6 Å². The normalized spacial score (nSPS) is 12.3. The van der Waals surface area contributed by atoms with Gasteiger partial charge in [-0.1, -0.05) is 6.07 Å². The highest BCUT2D eigenvalue weighted by molar-refractivity contribution is 7.46. The van der Waals surface area contributed by atoms with Gasteiger partial charge in [-0.25, -0.2) is 9.25 Å². The van der Waals surface area contributed by atoms with Gasteiger partial charge in [0.05, 0.1) is 18.9 Å². The molecule has 0 amide bonds. The zero-order valence-electron chi connectivity index (χ0n) is 11.0. The Morgan fingerprint density at radius 1 is 1.33 bits per heavy atom. The predicted octanol–water partition coefficient (Wildman–Crippen LogP) is 2.20. The number of rotatable bonds is 8. The Kier molecular flexibility index (Phi) is 5.86. The number of aromatic nitrogens is 2. The predicted molar refractivity (Wildman–Crippen MR) is 79.4 cm³/mol. The third-order valence-corrected chi connectivity index (χ3v) is 3.69. The molecule has 0 spiro atoms. The molecule has 21 heavy (non-hydrogen) atoms. The van der Waals surface area contributed by atoms with E-state index in [-0.39, 0.29) is 19.9 Å². The first-order chi connectivity index (χ1) is 10.0. The van der Waals surface area contributed by atoms with Gasteiger partial charge >= 0.3 is 7.82 Å². The van der Waals surface area contributed by atoms with Gasteiger partial charge < -0.3 is 14.5 Å². The number of hydrogen-bond acceptors (Lipinski definition) is 5. The van der Waals surface area contributed by atoms with Crippen LogP contribution in [0.2, 0.25) is 0 Å². The van der Waals surface area contributed by atoms with Crippen molar-refractivity contribution in [1.29, 1.82) is 0 Å². The molecule has 0 unspecified atom stereocenters. The van der Waals surface area contributed by atoms with Crippen LogP contribution in [0.4, 0.5) is 0 Å². The van der Waals surface area contributed by atoms with Gasteiger partial charge in [0.15, 0.2) is 0 Å². The van der Waals surface area contributed by atoms with E-state index in [1.54, 1.807) is 22.2 Å². The average Bonchev–Trinajstić information content (AvgIpc) is 3.06. The fourth-order valence-corrected chi connectivity index (χ4v) is 2.40. The van der Waals surface area contributed by atoms with Gasteiger partial charge in [0, 0.05) is 11.1 Å². The number of ether oxygens (including phenoxy) is 1. The summed E-state index contributed by atoms with van der Waals surface area (Å²) in [4.78, 5) is 18.1. The Hall–Kier alpha value is -1.28. The van der Waals surface area contributed by atoms with Crippen molar-refractivity contribution in [2.45, 2.75) is 6.73 Å². The first-order valence-electron chi connectivity index (χ1n) is 6.06. The molecule has 0 aliphatic carbocycles. The summed E-state index contributed by atoms with van der Waals surface area (Å²) < 4.78 is 21.5. The summed E-state index contributed by atoms with van der Waals surface area (Å²) in [5.41, 5.74) is 0.804. The van der Waals surface area contributed by atoms with Crippen LogP contribution in [0.5, 0.6) is 0 Å². The molecule has 0 fully saturated rings. The Morgan fingerprint density at radius 2 is 2.19 bits per heavy atom. The Bertz CT molecular complexity index is 619. The molecule has 0 aliphatic rings. The summed E-state index contributed by atoms with van der Waals surface area (Å²) in [6, 6.07) is 5.85. The monoisotopic (exact) mass is 330 g/mol. The summed E-state index contributed by atoms with van der Waals surface area (Å²) in [5, 5.41) is 6.28. The second-order valence-electron chi connectivity index (χ2n) is 3.99. The van der Waals surface area contributed by atoms with Crippen LogP contribution in [0, 0.1) is 0 Å². The minimum Gasteiger partial charge on any atom is -0.357 e. The Balaban J connectivity index is 1.72. The standard InChI is InChI=1S/C12H15N2O5PS/c15-20(16,17)19-8-7-18-10-14-6-5-11(13-14)3-4-12-2-1-9-21-12/h1-6,9H,7-8,10H2,(H2,15,16,17)/b4-3+. The zero-order chi connectivity index (χ0) is 15.1. The van der Waals surface area contributed by atoms with Crippen LogP contribution in [0.25, 0.3) is 12.2 Å². The van der Waals surface area contributed by atoms with Gasteiger partial charge in [0.25, 0.3) is 0 Å². The molecule has 2 aromatic rings. The van der Waals surface area contributed by atoms with E-state index in [1.807, 2.05) is 35.7 Å². The van der Waals surface area contributed by atoms with Gasteiger partial charge in [-0.05, 0) is 29.7 Å². The Morgan fingerprint density at radius 3 is 2.90 bits per heavy atom. The van der Waals surface area contributed by atoms with Crippen molar-refractivity contribution >= 4 is 31.3 Å². The number of hydrogen-bond donors (Lipinski definition) is 2. The SMILES string of the molecule is O=P(O)(O)OCCOCn1ccc(/C=C/c2cccs2)n1. The van der Waals surface area contributed by atoms with Crippen LogP contribution >= 0.6 is 19.2 Å². The fraction of sp³-hybridized carbons (Fsp3) is 0.250. The van der Waals surface area contributed by atoms with Crippen molar-refractivity contribution in [3.8, 4) is 0 Å². The molecule has 9 heteroatoms. The molecule has 7 nitrogen and oxygen atoms in total. The molecule has 2 aromatic heterocycles. The molecule has 0 atom stereocenters. The molecule has 0 radical (unpaired) electrons. The van der Waals surface area contributed by atoms with E-state index >= 15 is 0 Å². The van der Waals surface area contributed by atoms with Crippen molar-refractivity contribution in [1.82, 2.24) is 9.78 Å². The van der Waals surface area contributed by atoms with Crippen LogP contribution in [-0.4, -0.2) is 32.8 Å². The van der Waals surface area contributed by atoms with Crippen molar-refractivity contribution in [3.63, 3.8) is 0 Å². The fourth-order valence-electron chi connectivity index (χ4n) is 1.46. The smallest absolute Gasteiger partial charge is 0.357 e. The molecule has 2 rings (SSSR count). The maximum atomic E-state index is 10.4. The molecule has 0 saturated heterocycles. The maximum absolute atomic E-state index is 10.4. The van der Waals surface area contributed by atoms with Gasteiger partial charge in [0.1, 0.15) is 6.73 Å². The van der Waals surface area contributed by atoms with E-state index in [1.165, 1.54) is 0 Å². The van der Waals surface area contributed by atoms with Crippen molar-refractivity contribution in [3.05, 3.63) is 40.3 Å². The third kappa shape index (κ3) is 6.34. The van der Waals surface area contributed by atoms with Crippen LogP contribution < -0.4 is 0 Å². The van der Waals surface area contributed by atoms with E-state index < -0.39 is 7.82 Å². The molecule has 2 N–H and O–H groups in total. The minimum absolute atomic E-state index is 0.0747. The number of nitrogens with zero attached hydrogens (tertiary/aromatic N) is 2. The highest BCUT2D eigenvalue weighted by Crippen LogP contribution is 2.35. The summed E-state index contributed by atoms with van der Waals surface area (Å²) in [7, 11) is -4.42. The van der Waals surface area contributed by atoms with E-state index in [4.69, 9.17) is 14.5 Å². The van der Waals surface area contributed by atoms with E-state index in [2.05, 4.69) is 9.62 Å². The first kappa shape index (κ1) is 16.1. The molecule has 0 aliphatic heterocycles. The first-order valence-corrected chi connectivity index (χ1v) is 8.47. The number of phosphoric ester groups is 1. The number of phosphoric acid groups is 1. The summed E-state index contributed by atoms with van der Waals surface area (Å²) >= 11 is 1.65. The van der Waals surface area contributed by atoms with E-state index in [0.717, 1.165) is 10.6 Å². The lowest BCUT2D eigenvalue weighted by molar-refractivity contribution is 0.0399. The van der Waals surface area contributed by atoms with E-state index in [0.29, 0.717) is 0 Å². The lowest BCUT2D eigenvalue weighted by atomic mass is 10.3. The van der Waals surface area contributed by atoms with Gasteiger partial charge in [-0.3, -0.25) is 4.52 Å². The summed E-state index contributed by atoms with van der Waals surface area (Å²) in [6.45, 7) is 0.0966. The quantitative estimate of drug-likeness (QED) is 0.569. The molecular formula is C12H15N2O5PS. The summed E-state index contributed by atoms with van der Waals surface area (Å²) in [6.07, 6.45) is 5.64. The van der Waals surface area contributed by atoms with Crippen molar-refractivity contribution in [2.75, 3.05) is 13.2 Å². The van der Waals surface area contributed by atoms with Crippen molar-refractivity contribution < 1.29 is 23.6 Å². The largest absolute Gasteiger partial charge is 0.469 e. The molecule has 0 bridgehead atoms. The lowest BCUT2D eigenvalue weighted by Crippen LogP contribution is -2.08. The average molecular weight is 330 g/mol. The summed E-state index contributed by atoms with van der Waals surface area (Å²) in [5.74, 6) is 0. The maximum Gasteiger partial charge on any atom is 0.469 e. The van der Waals surface area contributed by atoms with Crippen molar-refractivity contribution in [2.24, 2.45) is 0 Å². The highest BCUT2D eigenvalue weighted by atomic mass is 32.1. The third-order valence-electron chi connectivity index (χ3n) is 2.33. The zero-order valence-corrected chi connectivity index (χ0v) is 12.7. The molecule has 0 aromatic carbocycles. The minimum atomic E-state index is -4.42. The van der Waals surface area contributed by atoms with Gasteiger partial charge in [0.2, 0.25) is 0 Å². The highest BCUT2D eigenvalue weighted by Gasteiger charge is 2.12. The molecular weight excluding hydrogens is 315 g/mol. The van der Waals surface area contributed by atoms with Crippen LogP contribution in [0.1, 0.15) is 10.6 Å². The van der Waals surface area contributed by atoms with Gasteiger partial charge in [-0.2, -0.15) is 5.10 Å². The second kappa shape index (κ2) is 7.65. The van der Waals surface area contributed by atoms with Crippen LogP contribution in [0.3, 0.4) is 0 Å². The van der Waals surface area contributed by atoms with E-state index in [9.17, 15) is 4.57 Å². The molecule has 0 saturated carbocycles. The topological polar surface area (TPSA) is 93.8 Å².